The van der Waals surface area contributed by atoms with Crippen molar-refractivity contribution in [1.82, 2.24) is 0 Å². The lowest BCUT2D eigenvalue weighted by Gasteiger charge is -2.23. The Labute approximate surface area is 181 Å². The number of carboxylic acid groups (broad SMARTS) is 2. The lowest BCUT2D eigenvalue weighted by Crippen LogP contribution is -2.20. The summed E-state index contributed by atoms with van der Waals surface area (Å²) in [5, 5.41) is 19.9. The van der Waals surface area contributed by atoms with Gasteiger partial charge in [-0.1, -0.05) is 59.4 Å². The van der Waals surface area contributed by atoms with E-state index >= 15 is 0 Å². The molecule has 1 rings (SSSR count). The number of carbonyl (C=O) groups is 2. The normalized spacial score (nSPS) is 13.6. The van der Waals surface area contributed by atoms with Crippen molar-refractivity contribution >= 4 is 11.9 Å². The van der Waals surface area contributed by atoms with Gasteiger partial charge in [0, 0.05) is 0 Å². The fourth-order valence-electron chi connectivity index (χ4n) is 3.80. The quantitative estimate of drug-likeness (QED) is 0.361. The average Bonchev–Trinajstić information content (AvgIpc) is 2.61. The molecule has 0 saturated carbocycles. The molecule has 1 aromatic carbocycles. The predicted molar refractivity (Wildman–Crippen MR) is 120 cm³/mol. The smallest absolute Gasteiger partial charge is 0.310 e. The van der Waals surface area contributed by atoms with Crippen LogP contribution in [-0.4, -0.2) is 28.3 Å². The zero-order valence-corrected chi connectivity index (χ0v) is 19.5. The van der Waals surface area contributed by atoms with E-state index in [9.17, 15) is 19.8 Å². The number of hydrogen-bond donors (Lipinski definition) is 2. The minimum atomic E-state index is -0.909. The van der Waals surface area contributed by atoms with Crippen molar-refractivity contribution in [2.75, 3.05) is 0 Å². The van der Waals surface area contributed by atoms with E-state index in [-0.39, 0.29) is 6.10 Å². The second-order valence-corrected chi connectivity index (χ2v) is 9.39. The third kappa shape index (κ3) is 8.76. The molecule has 2 N–H and O–H groups in total. The molecule has 0 radical (unpaired) electrons. The minimum Gasteiger partial charge on any atom is -0.491 e. The van der Waals surface area contributed by atoms with E-state index in [0.29, 0.717) is 41.6 Å². The molecular formula is C25H40O5. The van der Waals surface area contributed by atoms with Gasteiger partial charge in [0.25, 0.3) is 0 Å². The van der Waals surface area contributed by atoms with Crippen molar-refractivity contribution in [2.24, 2.45) is 11.8 Å². The summed E-state index contributed by atoms with van der Waals surface area (Å²) in [6, 6.07) is 5.28. The van der Waals surface area contributed by atoms with Gasteiger partial charge in [-0.25, -0.2) is 0 Å². The van der Waals surface area contributed by atoms with Gasteiger partial charge < -0.3 is 14.9 Å². The highest BCUT2D eigenvalue weighted by atomic mass is 16.5. The lowest BCUT2D eigenvalue weighted by atomic mass is 9.82. The molecule has 2 unspecified atom stereocenters. The second-order valence-electron chi connectivity index (χ2n) is 9.39. The Hall–Kier alpha value is -2.04. The Morgan fingerprint density at radius 3 is 1.63 bits per heavy atom. The molecule has 5 nitrogen and oxygen atoms in total. The largest absolute Gasteiger partial charge is 0.491 e. The van der Waals surface area contributed by atoms with Gasteiger partial charge in [-0.3, -0.25) is 9.59 Å². The van der Waals surface area contributed by atoms with Crippen molar-refractivity contribution in [1.29, 1.82) is 0 Å². The summed E-state index contributed by atoms with van der Waals surface area (Å²) in [5.74, 6) is -1.66. The molecule has 0 aliphatic carbocycles. The molecule has 170 valence electrons. The molecular weight excluding hydrogens is 380 g/mol. The van der Waals surface area contributed by atoms with Gasteiger partial charge in [0.15, 0.2) is 0 Å². The highest BCUT2D eigenvalue weighted by Crippen LogP contribution is 2.36. The van der Waals surface area contributed by atoms with E-state index in [4.69, 9.17) is 4.74 Å². The first-order valence-corrected chi connectivity index (χ1v) is 11.3. The fourth-order valence-corrected chi connectivity index (χ4v) is 3.80. The topological polar surface area (TPSA) is 83.8 Å². The van der Waals surface area contributed by atoms with E-state index in [2.05, 4.69) is 27.7 Å². The summed E-state index contributed by atoms with van der Waals surface area (Å²) in [4.78, 5) is 24.3. The first-order valence-electron chi connectivity index (χ1n) is 11.3. The number of benzene rings is 1. The van der Waals surface area contributed by atoms with Crippen LogP contribution in [0.15, 0.2) is 18.2 Å². The molecule has 30 heavy (non-hydrogen) atoms. The van der Waals surface area contributed by atoms with Crippen molar-refractivity contribution in [3.05, 3.63) is 29.3 Å². The van der Waals surface area contributed by atoms with Crippen molar-refractivity contribution in [3.63, 3.8) is 0 Å². The van der Waals surface area contributed by atoms with Gasteiger partial charge in [0.1, 0.15) is 5.75 Å². The van der Waals surface area contributed by atoms with Crippen LogP contribution >= 0.6 is 0 Å². The van der Waals surface area contributed by atoms with Gasteiger partial charge in [0.05, 0.1) is 17.9 Å². The molecule has 0 amide bonds. The molecule has 0 fully saturated rings. The lowest BCUT2D eigenvalue weighted by molar-refractivity contribution is -0.140. The summed E-state index contributed by atoms with van der Waals surface area (Å²) >= 11 is 0. The first kappa shape index (κ1) is 26.0. The zero-order chi connectivity index (χ0) is 22.8. The Balaban J connectivity index is 3.33. The summed E-state index contributed by atoms with van der Waals surface area (Å²) in [6.07, 6.45) is 4.42. The van der Waals surface area contributed by atoms with Gasteiger partial charge in [-0.05, 0) is 61.8 Å². The van der Waals surface area contributed by atoms with E-state index < -0.39 is 23.8 Å². The highest BCUT2D eigenvalue weighted by Gasteiger charge is 2.29. The Morgan fingerprint density at radius 1 is 0.767 bits per heavy atom. The zero-order valence-electron chi connectivity index (χ0n) is 19.5. The van der Waals surface area contributed by atoms with Gasteiger partial charge in [-0.2, -0.15) is 0 Å². The third-order valence-corrected chi connectivity index (χ3v) is 5.33. The molecule has 1 aromatic rings. The van der Waals surface area contributed by atoms with Crippen LogP contribution in [0, 0.1) is 11.8 Å². The number of rotatable bonds is 14. The van der Waals surface area contributed by atoms with E-state index in [1.165, 1.54) is 0 Å². The number of aliphatic carboxylic acids is 2. The SMILES string of the molecule is CC(C)CCCC(C(=O)O)c1ccc(OC(C)C)cc1C(CCCC(C)C)C(=O)O. The molecule has 5 heteroatoms. The standard InChI is InChI=1S/C25H40O5/c1-16(2)9-7-11-21(24(26)27)20-14-13-19(30-18(5)6)15-23(20)22(25(28)29)12-8-10-17(3)4/h13-18,21-22H,7-12H2,1-6H3,(H,26,27)(H,28,29). The number of ether oxygens (including phenoxy) is 1. The molecule has 0 aromatic heterocycles. The number of hydrogen-bond acceptors (Lipinski definition) is 3. The monoisotopic (exact) mass is 420 g/mol. The molecule has 0 bridgehead atoms. The predicted octanol–water partition coefficient (Wildman–Crippen LogP) is 6.46. The van der Waals surface area contributed by atoms with Gasteiger partial charge in [0.2, 0.25) is 0 Å². The Bertz CT molecular complexity index is 678. The van der Waals surface area contributed by atoms with Crippen molar-refractivity contribution < 1.29 is 24.5 Å². The average molecular weight is 421 g/mol. The molecule has 0 spiro atoms. The van der Waals surface area contributed by atoms with Gasteiger partial charge >= 0.3 is 11.9 Å². The maximum Gasteiger partial charge on any atom is 0.310 e. The van der Waals surface area contributed by atoms with Crippen LogP contribution in [0.5, 0.6) is 5.75 Å². The van der Waals surface area contributed by atoms with Crippen molar-refractivity contribution in [2.45, 2.75) is 98.0 Å². The Morgan fingerprint density at radius 2 is 1.23 bits per heavy atom. The summed E-state index contributed by atoms with van der Waals surface area (Å²) in [5.41, 5.74) is 1.20. The van der Waals surface area contributed by atoms with Gasteiger partial charge in [-0.15, -0.1) is 0 Å². The maximum atomic E-state index is 12.2. The first-order chi connectivity index (χ1) is 14.0. The molecule has 2 atom stereocenters. The fraction of sp³-hybridized carbons (Fsp3) is 0.680. The van der Waals surface area contributed by atoms with E-state index in [1.807, 2.05) is 13.8 Å². The summed E-state index contributed by atoms with van der Waals surface area (Å²) in [6.45, 7) is 12.3. The Kier molecular flexibility index (Phi) is 10.9. The minimum absolute atomic E-state index is 0.0470. The van der Waals surface area contributed by atoms with Crippen LogP contribution in [0.4, 0.5) is 0 Å². The van der Waals surface area contributed by atoms with Crippen LogP contribution in [-0.2, 0) is 9.59 Å². The van der Waals surface area contributed by atoms with E-state index in [0.717, 1.165) is 25.7 Å². The van der Waals surface area contributed by atoms with Crippen LogP contribution in [0.3, 0.4) is 0 Å². The van der Waals surface area contributed by atoms with E-state index in [1.54, 1.807) is 18.2 Å². The molecule has 0 aliphatic heterocycles. The molecule has 0 aliphatic rings. The second kappa shape index (κ2) is 12.6. The third-order valence-electron chi connectivity index (χ3n) is 5.33. The molecule has 0 heterocycles. The number of carboxylic acids is 2. The van der Waals surface area contributed by atoms with Crippen LogP contribution < -0.4 is 4.74 Å². The maximum absolute atomic E-state index is 12.2. The molecule has 0 saturated heterocycles. The van der Waals surface area contributed by atoms with Crippen LogP contribution in [0.25, 0.3) is 0 Å². The van der Waals surface area contributed by atoms with Crippen LogP contribution in [0.2, 0.25) is 0 Å². The summed E-state index contributed by atoms with van der Waals surface area (Å²) < 4.78 is 5.79. The highest BCUT2D eigenvalue weighted by molar-refractivity contribution is 5.81. The summed E-state index contributed by atoms with van der Waals surface area (Å²) in [7, 11) is 0. The van der Waals surface area contributed by atoms with Crippen LogP contribution in [0.1, 0.15) is 103 Å². The van der Waals surface area contributed by atoms with Crippen molar-refractivity contribution in [3.8, 4) is 5.75 Å².